The van der Waals surface area contributed by atoms with Crippen LogP contribution < -0.4 is 5.32 Å². The summed E-state index contributed by atoms with van der Waals surface area (Å²) in [5, 5.41) is 14.1. The van der Waals surface area contributed by atoms with Crippen LogP contribution in [-0.2, 0) is 17.8 Å². The molecule has 1 atom stereocenters. The summed E-state index contributed by atoms with van der Waals surface area (Å²) in [6.45, 7) is 4.92. The SMILES string of the molecule is C=CC(=O)N1CCc2c(sc3ncnc(N[C@@H](CCO)c4ccccc4)c23)C1. The van der Waals surface area contributed by atoms with E-state index in [0.717, 1.165) is 32.9 Å². The van der Waals surface area contributed by atoms with Crippen LogP contribution in [0.2, 0.25) is 0 Å². The zero-order valence-electron chi connectivity index (χ0n) is 15.5. The van der Waals surface area contributed by atoms with Crippen molar-refractivity contribution in [2.45, 2.75) is 25.4 Å². The maximum absolute atomic E-state index is 12.0. The lowest BCUT2D eigenvalue weighted by Gasteiger charge is -2.26. The first-order chi connectivity index (χ1) is 13.7. The zero-order valence-corrected chi connectivity index (χ0v) is 16.3. The first-order valence-electron chi connectivity index (χ1n) is 9.30. The van der Waals surface area contributed by atoms with Gasteiger partial charge in [-0.25, -0.2) is 9.97 Å². The molecule has 0 radical (unpaired) electrons. The normalized spacial score (nSPS) is 14.5. The molecule has 0 fully saturated rings. The van der Waals surface area contributed by atoms with Crippen molar-refractivity contribution in [1.82, 2.24) is 14.9 Å². The Balaban J connectivity index is 1.69. The monoisotopic (exact) mass is 394 g/mol. The van der Waals surface area contributed by atoms with Gasteiger partial charge in [-0.2, -0.15) is 0 Å². The maximum Gasteiger partial charge on any atom is 0.246 e. The van der Waals surface area contributed by atoms with Crippen molar-refractivity contribution >= 4 is 33.3 Å². The minimum Gasteiger partial charge on any atom is -0.396 e. The molecule has 0 spiro atoms. The second kappa shape index (κ2) is 8.08. The summed E-state index contributed by atoms with van der Waals surface area (Å²) in [6.07, 6.45) is 4.29. The minimum atomic E-state index is -0.0420. The highest BCUT2D eigenvalue weighted by molar-refractivity contribution is 7.19. The van der Waals surface area contributed by atoms with E-state index in [1.807, 2.05) is 35.2 Å². The number of aromatic nitrogens is 2. The summed E-state index contributed by atoms with van der Waals surface area (Å²) in [6, 6.07) is 10.0. The summed E-state index contributed by atoms with van der Waals surface area (Å²) < 4.78 is 0. The highest BCUT2D eigenvalue weighted by atomic mass is 32.1. The molecule has 4 rings (SSSR count). The maximum atomic E-state index is 12.0. The lowest BCUT2D eigenvalue weighted by molar-refractivity contribution is -0.126. The Kier molecular flexibility index (Phi) is 5.36. The number of carbonyl (C=O) groups excluding carboxylic acids is 1. The Morgan fingerprint density at radius 3 is 2.93 bits per heavy atom. The van der Waals surface area contributed by atoms with Crippen LogP contribution in [0.3, 0.4) is 0 Å². The molecule has 28 heavy (non-hydrogen) atoms. The smallest absolute Gasteiger partial charge is 0.246 e. The number of nitrogens with one attached hydrogen (secondary N) is 1. The number of nitrogens with zero attached hydrogens (tertiary/aromatic N) is 3. The molecule has 1 aromatic carbocycles. The van der Waals surface area contributed by atoms with Crippen LogP contribution >= 0.6 is 11.3 Å². The van der Waals surface area contributed by atoms with E-state index >= 15 is 0 Å². The largest absolute Gasteiger partial charge is 0.396 e. The summed E-state index contributed by atoms with van der Waals surface area (Å²) >= 11 is 1.61. The molecule has 3 aromatic rings. The van der Waals surface area contributed by atoms with E-state index in [0.29, 0.717) is 19.5 Å². The Morgan fingerprint density at radius 2 is 2.18 bits per heavy atom. The van der Waals surface area contributed by atoms with Crippen molar-refractivity contribution in [2.75, 3.05) is 18.5 Å². The molecule has 2 N–H and O–H groups in total. The highest BCUT2D eigenvalue weighted by Crippen LogP contribution is 2.38. The molecule has 1 amide bonds. The van der Waals surface area contributed by atoms with E-state index in [2.05, 4.69) is 21.9 Å². The van der Waals surface area contributed by atoms with Crippen LogP contribution in [0.4, 0.5) is 5.82 Å². The fourth-order valence-electron chi connectivity index (χ4n) is 3.66. The van der Waals surface area contributed by atoms with Crippen LogP contribution in [0.25, 0.3) is 10.2 Å². The summed E-state index contributed by atoms with van der Waals surface area (Å²) in [4.78, 5) is 24.8. The number of hydrogen-bond donors (Lipinski definition) is 2. The van der Waals surface area contributed by atoms with Crippen molar-refractivity contribution in [2.24, 2.45) is 0 Å². The number of carbonyl (C=O) groups is 1. The van der Waals surface area contributed by atoms with Gasteiger partial charge in [0.1, 0.15) is 17.0 Å². The van der Waals surface area contributed by atoms with Gasteiger partial charge in [-0.3, -0.25) is 4.79 Å². The number of amides is 1. The number of aliphatic hydroxyl groups is 1. The molecule has 1 aliphatic rings. The molecule has 0 saturated heterocycles. The first kappa shape index (κ1) is 18.6. The van der Waals surface area contributed by atoms with Crippen molar-refractivity contribution in [1.29, 1.82) is 0 Å². The van der Waals surface area contributed by atoms with Gasteiger partial charge in [0, 0.05) is 18.0 Å². The summed E-state index contributed by atoms with van der Waals surface area (Å²) in [7, 11) is 0. The van der Waals surface area contributed by atoms with Gasteiger partial charge in [0.05, 0.1) is 18.0 Å². The Hall–Kier alpha value is -2.77. The topological polar surface area (TPSA) is 78.4 Å². The van der Waals surface area contributed by atoms with Crippen molar-refractivity contribution in [3.05, 3.63) is 65.3 Å². The third-order valence-electron chi connectivity index (χ3n) is 5.05. The molecule has 3 heterocycles. The average molecular weight is 395 g/mol. The summed E-state index contributed by atoms with van der Waals surface area (Å²) in [5.41, 5.74) is 2.32. The van der Waals surface area contributed by atoms with Crippen LogP contribution in [-0.4, -0.2) is 39.0 Å². The van der Waals surface area contributed by atoms with Crippen molar-refractivity contribution in [3.63, 3.8) is 0 Å². The number of rotatable bonds is 6. The molecule has 0 unspecified atom stereocenters. The number of thiophene rings is 1. The second-order valence-corrected chi connectivity index (χ2v) is 7.82. The van der Waals surface area contributed by atoms with Crippen LogP contribution in [0.5, 0.6) is 0 Å². The molecule has 1 aliphatic heterocycles. The van der Waals surface area contributed by atoms with Crippen LogP contribution in [0.15, 0.2) is 49.3 Å². The van der Waals surface area contributed by atoms with Gasteiger partial charge in [0.15, 0.2) is 0 Å². The quantitative estimate of drug-likeness (QED) is 0.627. The van der Waals surface area contributed by atoms with Gasteiger partial charge >= 0.3 is 0 Å². The minimum absolute atomic E-state index is 0.0396. The van der Waals surface area contributed by atoms with Gasteiger partial charge in [0.25, 0.3) is 0 Å². The van der Waals surface area contributed by atoms with Crippen molar-refractivity contribution in [3.8, 4) is 0 Å². The van der Waals surface area contributed by atoms with Gasteiger partial charge in [0.2, 0.25) is 5.91 Å². The average Bonchev–Trinajstić information content (AvgIpc) is 3.12. The van der Waals surface area contributed by atoms with E-state index in [-0.39, 0.29) is 18.6 Å². The Morgan fingerprint density at radius 1 is 1.36 bits per heavy atom. The molecule has 0 bridgehead atoms. The predicted octanol–water partition coefficient (Wildman–Crippen LogP) is 3.30. The molecule has 0 aliphatic carbocycles. The molecule has 144 valence electrons. The number of hydrogen-bond acceptors (Lipinski definition) is 6. The van der Waals surface area contributed by atoms with E-state index in [1.165, 1.54) is 11.6 Å². The summed E-state index contributed by atoms with van der Waals surface area (Å²) in [5.74, 6) is 0.743. The molecule has 2 aromatic heterocycles. The molecule has 7 heteroatoms. The predicted molar refractivity (Wildman–Crippen MR) is 111 cm³/mol. The van der Waals surface area contributed by atoms with Gasteiger partial charge in [-0.15, -0.1) is 11.3 Å². The van der Waals surface area contributed by atoms with Gasteiger partial charge < -0.3 is 15.3 Å². The van der Waals surface area contributed by atoms with Gasteiger partial charge in [-0.05, 0) is 30.0 Å². The fraction of sp³-hybridized carbons (Fsp3) is 0.286. The van der Waals surface area contributed by atoms with Gasteiger partial charge in [-0.1, -0.05) is 36.9 Å². The second-order valence-electron chi connectivity index (χ2n) is 6.74. The van der Waals surface area contributed by atoms with Crippen molar-refractivity contribution < 1.29 is 9.90 Å². The molecular weight excluding hydrogens is 372 g/mol. The van der Waals surface area contributed by atoms with E-state index in [1.54, 1.807) is 17.7 Å². The van der Waals surface area contributed by atoms with E-state index in [4.69, 9.17) is 0 Å². The third kappa shape index (κ3) is 3.50. The first-order valence-corrected chi connectivity index (χ1v) is 10.1. The Labute approximate surface area is 167 Å². The number of aliphatic hydroxyl groups excluding tert-OH is 1. The standard InChI is InChI=1S/C21H22N4O2S/c1-2-18(27)25-10-8-15-17(12-25)28-21-19(15)20(22-13-23-21)24-16(9-11-26)14-6-4-3-5-7-14/h2-7,13,16,26H,1,8-12H2,(H,22,23,24)/t16-/m0/s1. The van der Waals surface area contributed by atoms with Crippen LogP contribution in [0.1, 0.15) is 28.5 Å². The molecular formula is C21H22N4O2S. The van der Waals surface area contributed by atoms with E-state index in [9.17, 15) is 9.90 Å². The van der Waals surface area contributed by atoms with Crippen LogP contribution in [0, 0.1) is 0 Å². The molecule has 6 nitrogen and oxygen atoms in total. The number of anilines is 1. The Bertz CT molecular complexity index is 1000. The number of fused-ring (bicyclic) bond motifs is 3. The fourth-order valence-corrected chi connectivity index (χ4v) is 4.86. The molecule has 0 saturated carbocycles. The van der Waals surface area contributed by atoms with E-state index < -0.39 is 0 Å². The third-order valence-corrected chi connectivity index (χ3v) is 6.18. The zero-order chi connectivity index (χ0) is 19.5. The highest BCUT2D eigenvalue weighted by Gasteiger charge is 2.26. The lowest BCUT2D eigenvalue weighted by atomic mass is 10.0. The lowest BCUT2D eigenvalue weighted by Crippen LogP contribution is -2.34. The number of benzene rings is 1.